The third-order valence-electron chi connectivity index (χ3n) is 2.87. The van der Waals surface area contributed by atoms with Crippen LogP contribution < -0.4 is 5.73 Å². The van der Waals surface area contributed by atoms with Gasteiger partial charge in [-0.2, -0.15) is 32.6 Å². The van der Waals surface area contributed by atoms with E-state index >= 15 is 0 Å². The fourth-order valence-electron chi connectivity index (χ4n) is 1.86. The molecule has 0 spiro atoms. The quantitative estimate of drug-likeness (QED) is 0.704. The molecular formula is C11H8F3N7O2S. The Balaban J connectivity index is 2.26. The van der Waals surface area contributed by atoms with E-state index in [-0.39, 0.29) is 11.7 Å². The van der Waals surface area contributed by atoms with Crippen molar-refractivity contribution >= 4 is 21.6 Å². The minimum absolute atomic E-state index is 0.309. The van der Waals surface area contributed by atoms with Gasteiger partial charge in [-0.3, -0.25) is 4.98 Å². The average Bonchev–Trinajstić information content (AvgIpc) is 2.90. The topological polar surface area (TPSA) is 129 Å². The first-order valence-corrected chi connectivity index (χ1v) is 8.09. The zero-order chi connectivity index (χ0) is 17.7. The van der Waals surface area contributed by atoms with Crippen LogP contribution in [0.25, 0.3) is 17.3 Å². The van der Waals surface area contributed by atoms with E-state index in [1.807, 2.05) is 0 Å². The number of fused-ring (bicyclic) bond motifs is 1. The lowest BCUT2D eigenvalue weighted by molar-refractivity contribution is -0.137. The third kappa shape index (κ3) is 2.73. The normalized spacial score (nSPS) is 12.7. The molecule has 0 bridgehead atoms. The Hall–Kier alpha value is -2.83. The summed E-state index contributed by atoms with van der Waals surface area (Å²) < 4.78 is 63.0. The van der Waals surface area contributed by atoms with E-state index in [9.17, 15) is 21.6 Å². The Labute approximate surface area is 132 Å². The number of rotatable bonds is 2. The van der Waals surface area contributed by atoms with E-state index in [4.69, 9.17) is 5.73 Å². The average molecular weight is 359 g/mol. The number of nitrogens with zero attached hydrogens (tertiary/aromatic N) is 6. The number of alkyl halides is 3. The lowest BCUT2D eigenvalue weighted by atomic mass is 10.2. The molecule has 0 unspecified atom stereocenters. The lowest BCUT2D eigenvalue weighted by Crippen LogP contribution is -2.11. The maximum Gasteiger partial charge on any atom is 0.418 e. The van der Waals surface area contributed by atoms with Gasteiger partial charge in [0.25, 0.3) is 10.9 Å². The summed E-state index contributed by atoms with van der Waals surface area (Å²) in [5.74, 6) is -1.10. The van der Waals surface area contributed by atoms with Crippen LogP contribution in [0.2, 0.25) is 0 Å². The minimum atomic E-state index is -4.67. The Morgan fingerprint density at radius 3 is 2.54 bits per heavy atom. The highest BCUT2D eigenvalue weighted by atomic mass is 32.2. The molecule has 126 valence electrons. The molecule has 3 rings (SSSR count). The first-order valence-electron chi connectivity index (χ1n) is 6.20. The molecule has 3 heterocycles. The standard InChI is InChI=1S/C11H8F3N7O2S/c1-24(22,23)10-18-8(15)21-9(19-10)17-7(20-21)6-5(11(12,13)14)3-2-4-16-6/h2-4H,1H3,(H2,15,17,18,19,20). The molecule has 0 aliphatic carbocycles. The number of pyridine rings is 1. The van der Waals surface area contributed by atoms with Gasteiger partial charge in [-0.1, -0.05) is 0 Å². The van der Waals surface area contributed by atoms with Gasteiger partial charge in [0.1, 0.15) is 5.69 Å². The van der Waals surface area contributed by atoms with Gasteiger partial charge in [-0.25, -0.2) is 8.42 Å². The first kappa shape index (κ1) is 16.0. The fourth-order valence-corrected chi connectivity index (χ4v) is 2.37. The number of halogens is 3. The van der Waals surface area contributed by atoms with Crippen molar-refractivity contribution in [3.8, 4) is 11.5 Å². The molecule has 0 amide bonds. The van der Waals surface area contributed by atoms with Gasteiger partial charge >= 0.3 is 6.18 Å². The summed E-state index contributed by atoms with van der Waals surface area (Å²) in [6, 6.07) is 1.95. The maximum absolute atomic E-state index is 13.1. The smallest absolute Gasteiger partial charge is 0.368 e. The van der Waals surface area contributed by atoms with E-state index in [1.54, 1.807) is 0 Å². The zero-order valence-corrected chi connectivity index (χ0v) is 12.7. The van der Waals surface area contributed by atoms with Crippen molar-refractivity contribution in [1.82, 2.24) is 29.5 Å². The third-order valence-corrected chi connectivity index (χ3v) is 3.72. The van der Waals surface area contributed by atoms with Crippen LogP contribution in [0.4, 0.5) is 19.1 Å². The van der Waals surface area contributed by atoms with Gasteiger partial charge in [0.05, 0.1) is 5.56 Å². The largest absolute Gasteiger partial charge is 0.418 e. The highest BCUT2D eigenvalue weighted by molar-refractivity contribution is 7.90. The number of nitrogens with two attached hydrogens (primary N) is 1. The van der Waals surface area contributed by atoms with Crippen LogP contribution >= 0.6 is 0 Å². The molecule has 3 aromatic rings. The fraction of sp³-hybridized carbons (Fsp3) is 0.182. The van der Waals surface area contributed by atoms with Crippen molar-refractivity contribution in [2.45, 2.75) is 11.3 Å². The van der Waals surface area contributed by atoms with Crippen LogP contribution in [-0.2, 0) is 16.0 Å². The number of hydrogen-bond donors (Lipinski definition) is 1. The molecule has 0 aliphatic heterocycles. The highest BCUT2D eigenvalue weighted by Crippen LogP contribution is 2.34. The van der Waals surface area contributed by atoms with Crippen LogP contribution in [0.15, 0.2) is 23.5 Å². The van der Waals surface area contributed by atoms with Gasteiger partial charge in [0.15, 0.2) is 0 Å². The highest BCUT2D eigenvalue weighted by Gasteiger charge is 2.35. The van der Waals surface area contributed by atoms with Crippen molar-refractivity contribution in [3.63, 3.8) is 0 Å². The van der Waals surface area contributed by atoms with E-state index in [0.29, 0.717) is 0 Å². The lowest BCUT2D eigenvalue weighted by Gasteiger charge is -2.08. The first-order chi connectivity index (χ1) is 11.1. The summed E-state index contributed by atoms with van der Waals surface area (Å²) >= 11 is 0. The summed E-state index contributed by atoms with van der Waals surface area (Å²) in [6.07, 6.45) is -2.67. The zero-order valence-electron chi connectivity index (χ0n) is 11.9. The van der Waals surface area contributed by atoms with Crippen molar-refractivity contribution in [1.29, 1.82) is 0 Å². The van der Waals surface area contributed by atoms with Gasteiger partial charge < -0.3 is 5.73 Å². The molecule has 3 aromatic heterocycles. The molecule has 2 N–H and O–H groups in total. The second-order valence-electron chi connectivity index (χ2n) is 4.68. The number of aromatic nitrogens is 6. The van der Waals surface area contributed by atoms with Crippen LogP contribution in [-0.4, -0.2) is 44.2 Å². The van der Waals surface area contributed by atoms with Gasteiger partial charge in [-0.05, 0) is 12.1 Å². The molecule has 0 atom stereocenters. The molecule has 0 saturated heterocycles. The SMILES string of the molecule is CS(=O)(=O)c1nc(N)n2nc(-c3ncccc3C(F)(F)F)nc2n1. The molecule has 0 fully saturated rings. The predicted molar refractivity (Wildman–Crippen MR) is 74.3 cm³/mol. The van der Waals surface area contributed by atoms with Gasteiger partial charge in [0.2, 0.25) is 21.6 Å². The molecule has 13 heteroatoms. The predicted octanol–water partition coefficient (Wildman–Crippen LogP) is 0.586. The van der Waals surface area contributed by atoms with Gasteiger partial charge in [0, 0.05) is 12.5 Å². The van der Waals surface area contributed by atoms with E-state index < -0.39 is 38.3 Å². The van der Waals surface area contributed by atoms with Crippen LogP contribution in [0.5, 0.6) is 0 Å². The molecular weight excluding hydrogens is 351 g/mol. The Morgan fingerprint density at radius 1 is 1.21 bits per heavy atom. The second kappa shape index (κ2) is 5.09. The van der Waals surface area contributed by atoms with Crippen LogP contribution in [0.3, 0.4) is 0 Å². The van der Waals surface area contributed by atoms with E-state index in [1.165, 1.54) is 0 Å². The Bertz CT molecular complexity index is 1050. The molecule has 0 radical (unpaired) electrons. The van der Waals surface area contributed by atoms with Crippen molar-refractivity contribution < 1.29 is 21.6 Å². The van der Waals surface area contributed by atoms with Gasteiger partial charge in [-0.15, -0.1) is 5.10 Å². The summed E-state index contributed by atoms with van der Waals surface area (Å²) in [4.78, 5) is 14.6. The maximum atomic E-state index is 13.1. The summed E-state index contributed by atoms with van der Waals surface area (Å²) in [5.41, 5.74) is 3.99. The molecule has 24 heavy (non-hydrogen) atoms. The summed E-state index contributed by atoms with van der Waals surface area (Å²) in [7, 11) is -3.78. The number of sulfone groups is 1. The monoisotopic (exact) mass is 359 g/mol. The van der Waals surface area contributed by atoms with Crippen molar-refractivity contribution in [3.05, 3.63) is 23.9 Å². The Morgan fingerprint density at radius 2 is 1.92 bits per heavy atom. The summed E-state index contributed by atoms with van der Waals surface area (Å²) in [6.45, 7) is 0. The van der Waals surface area contributed by atoms with Crippen LogP contribution in [0, 0.1) is 0 Å². The Kier molecular flexibility index (Phi) is 3.40. The molecule has 0 saturated carbocycles. The number of anilines is 1. The van der Waals surface area contributed by atoms with Crippen molar-refractivity contribution in [2.24, 2.45) is 0 Å². The minimum Gasteiger partial charge on any atom is -0.368 e. The number of nitrogen functional groups attached to an aromatic ring is 1. The van der Waals surface area contributed by atoms with E-state index in [0.717, 1.165) is 29.1 Å². The molecule has 0 aromatic carbocycles. The van der Waals surface area contributed by atoms with Crippen LogP contribution in [0.1, 0.15) is 5.56 Å². The summed E-state index contributed by atoms with van der Waals surface area (Å²) in [5, 5.41) is 3.17. The number of hydrogen-bond acceptors (Lipinski definition) is 8. The second-order valence-corrected chi connectivity index (χ2v) is 6.59. The molecule has 9 nitrogen and oxygen atoms in total. The molecule has 0 aliphatic rings. The van der Waals surface area contributed by atoms with E-state index in [2.05, 4.69) is 25.0 Å². The van der Waals surface area contributed by atoms with Crippen molar-refractivity contribution in [2.75, 3.05) is 12.0 Å².